The fourth-order valence-corrected chi connectivity index (χ4v) is 3.69. The summed E-state index contributed by atoms with van der Waals surface area (Å²) in [5, 5.41) is 7.36. The number of nitrogens with zero attached hydrogens (tertiary/aromatic N) is 2. The molecular formula is C21H23N3O5S. The Morgan fingerprint density at radius 3 is 2.63 bits per heavy atom. The summed E-state index contributed by atoms with van der Waals surface area (Å²) in [6, 6.07) is 9.15. The molecule has 2 aromatic heterocycles. The van der Waals surface area contributed by atoms with Crippen molar-refractivity contribution < 1.29 is 23.6 Å². The van der Waals surface area contributed by atoms with Crippen LogP contribution in [0.15, 0.2) is 34.9 Å². The first-order valence-corrected chi connectivity index (χ1v) is 10.4. The SMILES string of the molecule is CCOC(=O)c1sc(NC(=O)CCc2nc(-c3ccc(OCC)cc3)no2)cc1C. The number of ether oxygens (including phenoxy) is 2. The first kappa shape index (κ1) is 21.5. The van der Waals surface area contributed by atoms with E-state index < -0.39 is 0 Å². The van der Waals surface area contributed by atoms with Crippen molar-refractivity contribution in [3.63, 3.8) is 0 Å². The number of thiophene rings is 1. The van der Waals surface area contributed by atoms with Gasteiger partial charge in [-0.3, -0.25) is 4.79 Å². The maximum absolute atomic E-state index is 12.3. The molecule has 0 saturated carbocycles. The summed E-state index contributed by atoms with van der Waals surface area (Å²) < 4.78 is 15.7. The van der Waals surface area contributed by atoms with Crippen LogP contribution in [0.5, 0.6) is 5.75 Å². The third kappa shape index (κ3) is 5.44. The molecule has 0 atom stereocenters. The number of aryl methyl sites for hydroxylation is 2. The maximum Gasteiger partial charge on any atom is 0.348 e. The molecule has 0 unspecified atom stereocenters. The van der Waals surface area contributed by atoms with Crippen LogP contribution in [0.4, 0.5) is 5.00 Å². The number of hydrogen-bond acceptors (Lipinski definition) is 8. The topological polar surface area (TPSA) is 104 Å². The number of benzene rings is 1. The molecular weight excluding hydrogens is 406 g/mol. The Morgan fingerprint density at radius 1 is 1.17 bits per heavy atom. The van der Waals surface area contributed by atoms with Crippen molar-refractivity contribution in [3.05, 3.63) is 46.7 Å². The lowest BCUT2D eigenvalue weighted by Crippen LogP contribution is -2.11. The monoisotopic (exact) mass is 429 g/mol. The third-order valence-corrected chi connectivity index (χ3v) is 5.23. The molecule has 0 aliphatic rings. The highest BCUT2D eigenvalue weighted by atomic mass is 32.1. The molecule has 0 aliphatic carbocycles. The molecule has 2 heterocycles. The van der Waals surface area contributed by atoms with E-state index in [4.69, 9.17) is 14.0 Å². The zero-order chi connectivity index (χ0) is 21.5. The number of carbonyl (C=O) groups is 2. The van der Waals surface area contributed by atoms with Gasteiger partial charge in [0, 0.05) is 18.4 Å². The predicted octanol–water partition coefficient (Wildman–Crippen LogP) is 4.25. The van der Waals surface area contributed by atoms with Crippen LogP contribution >= 0.6 is 11.3 Å². The predicted molar refractivity (Wildman–Crippen MR) is 113 cm³/mol. The van der Waals surface area contributed by atoms with Crippen LogP contribution in [-0.2, 0) is 16.0 Å². The Bertz CT molecular complexity index is 1010. The average molecular weight is 429 g/mol. The van der Waals surface area contributed by atoms with Crippen LogP contribution in [0, 0.1) is 6.92 Å². The smallest absolute Gasteiger partial charge is 0.348 e. The van der Waals surface area contributed by atoms with Crippen LogP contribution in [-0.4, -0.2) is 35.2 Å². The lowest BCUT2D eigenvalue weighted by molar-refractivity contribution is -0.116. The van der Waals surface area contributed by atoms with Crippen LogP contribution in [0.3, 0.4) is 0 Å². The lowest BCUT2D eigenvalue weighted by Gasteiger charge is -2.02. The number of aromatic nitrogens is 2. The van der Waals surface area contributed by atoms with Crippen molar-refractivity contribution in [2.75, 3.05) is 18.5 Å². The maximum atomic E-state index is 12.3. The van der Waals surface area contributed by atoms with Crippen LogP contribution in [0.2, 0.25) is 0 Å². The summed E-state index contributed by atoms with van der Waals surface area (Å²) >= 11 is 1.20. The summed E-state index contributed by atoms with van der Waals surface area (Å²) in [5.74, 6) is 1.03. The van der Waals surface area contributed by atoms with Crippen molar-refractivity contribution in [2.45, 2.75) is 33.6 Å². The van der Waals surface area contributed by atoms with Crippen LogP contribution in [0.25, 0.3) is 11.4 Å². The van der Waals surface area contributed by atoms with Crippen molar-refractivity contribution in [1.29, 1.82) is 0 Å². The molecule has 3 aromatic rings. The van der Waals surface area contributed by atoms with Crippen molar-refractivity contribution in [1.82, 2.24) is 10.1 Å². The van der Waals surface area contributed by atoms with E-state index in [2.05, 4.69) is 15.5 Å². The Kier molecular flexibility index (Phi) is 7.18. The first-order chi connectivity index (χ1) is 14.5. The first-order valence-electron chi connectivity index (χ1n) is 9.63. The zero-order valence-electron chi connectivity index (χ0n) is 17.1. The summed E-state index contributed by atoms with van der Waals surface area (Å²) in [7, 11) is 0. The molecule has 1 amide bonds. The van der Waals surface area contributed by atoms with Gasteiger partial charge in [-0.2, -0.15) is 4.98 Å². The highest BCUT2D eigenvalue weighted by Gasteiger charge is 2.16. The molecule has 8 nitrogen and oxygen atoms in total. The number of hydrogen-bond donors (Lipinski definition) is 1. The molecule has 0 saturated heterocycles. The number of esters is 1. The fourth-order valence-electron chi connectivity index (χ4n) is 2.70. The van der Waals surface area contributed by atoms with Crippen LogP contribution in [0.1, 0.15) is 41.4 Å². The normalized spacial score (nSPS) is 10.6. The number of anilines is 1. The Balaban J connectivity index is 1.54. The van der Waals surface area contributed by atoms with E-state index in [1.807, 2.05) is 31.2 Å². The lowest BCUT2D eigenvalue weighted by atomic mass is 10.2. The summed E-state index contributed by atoms with van der Waals surface area (Å²) in [4.78, 5) is 29.0. The molecule has 0 aliphatic heterocycles. The average Bonchev–Trinajstić information content (AvgIpc) is 3.34. The van der Waals surface area contributed by atoms with Gasteiger partial charge in [-0.15, -0.1) is 11.3 Å². The van der Waals surface area contributed by atoms with E-state index >= 15 is 0 Å². The minimum absolute atomic E-state index is 0.177. The van der Waals surface area contributed by atoms with Gasteiger partial charge in [-0.1, -0.05) is 5.16 Å². The van der Waals surface area contributed by atoms with E-state index in [0.717, 1.165) is 16.9 Å². The van der Waals surface area contributed by atoms with Gasteiger partial charge in [0.05, 0.1) is 18.2 Å². The van der Waals surface area contributed by atoms with Crippen molar-refractivity contribution in [2.24, 2.45) is 0 Å². The molecule has 158 valence electrons. The number of rotatable bonds is 9. The number of nitrogens with one attached hydrogen (secondary N) is 1. The second-order valence-electron chi connectivity index (χ2n) is 6.36. The van der Waals surface area contributed by atoms with Gasteiger partial charge in [-0.25, -0.2) is 4.79 Å². The molecule has 1 aromatic carbocycles. The molecule has 30 heavy (non-hydrogen) atoms. The summed E-state index contributed by atoms with van der Waals surface area (Å²) in [6.07, 6.45) is 0.488. The molecule has 0 spiro atoms. The highest BCUT2D eigenvalue weighted by molar-refractivity contribution is 7.18. The number of amides is 1. The molecule has 0 bridgehead atoms. The Labute approximate surface area is 178 Å². The summed E-state index contributed by atoms with van der Waals surface area (Å²) in [6.45, 7) is 6.39. The second-order valence-corrected chi connectivity index (χ2v) is 7.41. The van der Waals surface area contributed by atoms with E-state index in [0.29, 0.717) is 41.2 Å². The van der Waals surface area contributed by atoms with E-state index in [1.165, 1.54) is 11.3 Å². The van der Waals surface area contributed by atoms with Gasteiger partial charge in [0.1, 0.15) is 10.6 Å². The van der Waals surface area contributed by atoms with Crippen molar-refractivity contribution in [3.8, 4) is 17.1 Å². The third-order valence-electron chi connectivity index (χ3n) is 4.10. The number of carbonyl (C=O) groups excluding carboxylic acids is 2. The molecule has 1 N–H and O–H groups in total. The minimum Gasteiger partial charge on any atom is -0.494 e. The van der Waals surface area contributed by atoms with Gasteiger partial charge < -0.3 is 19.3 Å². The zero-order valence-corrected chi connectivity index (χ0v) is 17.9. The fraction of sp³-hybridized carbons (Fsp3) is 0.333. The Morgan fingerprint density at radius 2 is 1.93 bits per heavy atom. The summed E-state index contributed by atoms with van der Waals surface area (Å²) in [5.41, 5.74) is 1.57. The second kappa shape index (κ2) is 10.0. The van der Waals surface area contributed by atoms with Crippen LogP contribution < -0.4 is 10.1 Å². The standard InChI is InChI=1S/C21H23N3O5S/c1-4-27-15-8-6-14(7-9-15)20-23-17(29-24-20)11-10-16(25)22-18-12-13(3)19(30-18)21(26)28-5-2/h6-9,12H,4-5,10-11H2,1-3H3,(H,22,25). The van der Waals surface area contributed by atoms with Gasteiger partial charge in [0.25, 0.3) is 0 Å². The van der Waals surface area contributed by atoms with Gasteiger partial charge in [0.2, 0.25) is 17.6 Å². The van der Waals surface area contributed by atoms with Crippen molar-refractivity contribution >= 4 is 28.2 Å². The molecule has 3 rings (SSSR count). The minimum atomic E-state index is -0.381. The Hall–Kier alpha value is -3.20. The van der Waals surface area contributed by atoms with E-state index in [9.17, 15) is 9.59 Å². The van der Waals surface area contributed by atoms with E-state index in [1.54, 1.807) is 19.9 Å². The van der Waals surface area contributed by atoms with Gasteiger partial charge in [0.15, 0.2) is 0 Å². The van der Waals surface area contributed by atoms with Gasteiger partial charge >= 0.3 is 5.97 Å². The van der Waals surface area contributed by atoms with E-state index in [-0.39, 0.29) is 18.3 Å². The molecule has 9 heteroatoms. The van der Waals surface area contributed by atoms with Gasteiger partial charge in [-0.05, 0) is 56.7 Å². The quantitative estimate of drug-likeness (QED) is 0.507. The molecule has 0 fully saturated rings. The molecule has 0 radical (unpaired) electrons. The largest absolute Gasteiger partial charge is 0.494 e. The highest BCUT2D eigenvalue weighted by Crippen LogP contribution is 2.27.